The molecule has 3 N–H and O–H groups in total. The smallest absolute Gasteiger partial charge is 0.234 e. The van der Waals surface area contributed by atoms with Gasteiger partial charge in [0.2, 0.25) is 5.91 Å². The fourth-order valence-electron chi connectivity index (χ4n) is 2.96. The van der Waals surface area contributed by atoms with E-state index in [9.17, 15) is 18.0 Å². The van der Waals surface area contributed by atoms with Crippen LogP contribution in [0.3, 0.4) is 0 Å². The van der Waals surface area contributed by atoms with E-state index in [1.807, 2.05) is 11.5 Å². The second kappa shape index (κ2) is 9.80. The number of ether oxygens (including phenoxy) is 2. The monoisotopic (exact) mass is 436 g/mol. The van der Waals surface area contributed by atoms with Gasteiger partial charge in [0.1, 0.15) is 11.6 Å². The average molecular weight is 436 g/mol. The van der Waals surface area contributed by atoms with Crippen LogP contribution in [-0.2, 0) is 22.6 Å². The molecule has 0 aliphatic heterocycles. The second-order valence-electron chi connectivity index (χ2n) is 6.83. The fourth-order valence-corrected chi connectivity index (χ4v) is 2.96. The highest BCUT2D eigenvalue weighted by atomic mass is 19.2. The van der Waals surface area contributed by atoms with Crippen molar-refractivity contribution in [3.05, 3.63) is 53.6 Å². The summed E-state index contributed by atoms with van der Waals surface area (Å²) in [4.78, 5) is 15.9. The molecule has 0 radical (unpaired) electrons. The first kappa shape index (κ1) is 22.6. The van der Waals surface area contributed by atoms with Crippen LogP contribution < -0.4 is 15.8 Å². The number of carbonyl (C=O) groups is 1. The van der Waals surface area contributed by atoms with Crippen molar-refractivity contribution in [1.82, 2.24) is 14.9 Å². The van der Waals surface area contributed by atoms with Crippen molar-refractivity contribution < 1.29 is 27.4 Å². The summed E-state index contributed by atoms with van der Waals surface area (Å²) in [6.07, 6.45) is 0. The highest BCUT2D eigenvalue weighted by Crippen LogP contribution is 2.29. The highest BCUT2D eigenvalue weighted by Gasteiger charge is 2.16. The number of hydrogen-bond acceptors (Lipinski definition) is 5. The lowest BCUT2D eigenvalue weighted by atomic mass is 10.2. The number of amides is 1. The van der Waals surface area contributed by atoms with Crippen LogP contribution in [0, 0.1) is 17.5 Å². The third-order valence-corrected chi connectivity index (χ3v) is 4.66. The van der Waals surface area contributed by atoms with E-state index >= 15 is 0 Å². The van der Waals surface area contributed by atoms with Gasteiger partial charge in [-0.3, -0.25) is 10.1 Å². The van der Waals surface area contributed by atoms with Gasteiger partial charge in [0.15, 0.2) is 23.2 Å². The molecule has 2 aromatic carbocycles. The van der Waals surface area contributed by atoms with Crippen molar-refractivity contribution in [2.75, 3.05) is 13.2 Å². The first-order valence-electron chi connectivity index (χ1n) is 9.72. The number of benzene rings is 2. The van der Waals surface area contributed by atoms with Crippen molar-refractivity contribution >= 4 is 16.9 Å². The topological polar surface area (TPSA) is 91.4 Å². The molecule has 0 fully saturated rings. The van der Waals surface area contributed by atoms with E-state index in [2.05, 4.69) is 10.3 Å². The van der Waals surface area contributed by atoms with Crippen LogP contribution in [0.1, 0.15) is 19.7 Å². The van der Waals surface area contributed by atoms with Crippen molar-refractivity contribution in [2.45, 2.75) is 33.0 Å². The predicted octanol–water partition coefficient (Wildman–Crippen LogP) is 3.25. The van der Waals surface area contributed by atoms with Crippen LogP contribution in [0.5, 0.6) is 11.5 Å². The minimum atomic E-state index is -1.29. The summed E-state index contributed by atoms with van der Waals surface area (Å²) in [5.41, 5.74) is 6.60. The summed E-state index contributed by atoms with van der Waals surface area (Å²) in [5.74, 6) is -3.59. The number of imidazole rings is 1. The number of carbonyl (C=O) groups excluding carboxylic acids is 1. The summed E-state index contributed by atoms with van der Waals surface area (Å²) >= 11 is 0. The maximum atomic E-state index is 13.9. The van der Waals surface area contributed by atoms with Gasteiger partial charge in [-0.1, -0.05) is 0 Å². The minimum Gasteiger partial charge on any atom is -0.454 e. The Hall–Kier alpha value is -3.11. The summed E-state index contributed by atoms with van der Waals surface area (Å²) in [6, 6.07) is 5.37. The summed E-state index contributed by atoms with van der Waals surface area (Å²) < 4.78 is 53.3. The molecule has 0 aliphatic rings. The Kier molecular flexibility index (Phi) is 7.13. The molecular weight excluding hydrogens is 413 g/mol. The number of primary amides is 1. The van der Waals surface area contributed by atoms with Gasteiger partial charge in [0.25, 0.3) is 0 Å². The zero-order valence-corrected chi connectivity index (χ0v) is 17.1. The number of fused-ring (bicyclic) bond motifs is 1. The SMILES string of the molecule is CCOCCn1c(CN[C@@H](C)C(N)=O)nc2ccc(Oc3cc(F)c(F)cc3F)cc21. The molecule has 1 aromatic heterocycles. The Labute approximate surface area is 177 Å². The number of nitrogens with two attached hydrogens (primary N) is 1. The van der Waals surface area contributed by atoms with Crippen molar-refractivity contribution in [2.24, 2.45) is 5.73 Å². The van der Waals surface area contributed by atoms with Crippen molar-refractivity contribution in [3.63, 3.8) is 0 Å². The number of nitrogens with zero attached hydrogens (tertiary/aromatic N) is 2. The molecule has 1 heterocycles. The first-order chi connectivity index (χ1) is 14.8. The summed E-state index contributed by atoms with van der Waals surface area (Å²) in [6.45, 7) is 5.24. The van der Waals surface area contributed by atoms with Crippen LogP contribution in [-0.4, -0.2) is 34.7 Å². The largest absolute Gasteiger partial charge is 0.454 e. The molecule has 3 aromatic rings. The summed E-state index contributed by atoms with van der Waals surface area (Å²) in [5, 5.41) is 3.01. The average Bonchev–Trinajstić information content (AvgIpc) is 3.07. The van der Waals surface area contributed by atoms with Gasteiger partial charge in [0, 0.05) is 31.4 Å². The molecule has 10 heteroatoms. The van der Waals surface area contributed by atoms with Gasteiger partial charge in [-0.25, -0.2) is 18.2 Å². The van der Waals surface area contributed by atoms with Gasteiger partial charge in [-0.05, 0) is 26.0 Å². The Bertz CT molecular complexity index is 1090. The standard InChI is InChI=1S/C21H23F3N4O3/c1-3-30-7-6-28-18-8-13(31-19-10-15(23)14(22)9-16(19)24)4-5-17(18)27-20(28)11-26-12(2)21(25)29/h4-5,8-10,12,26H,3,6-7,11H2,1-2H3,(H2,25,29)/t12-/m0/s1. The molecule has 0 saturated heterocycles. The normalized spacial score (nSPS) is 12.3. The van der Waals surface area contributed by atoms with Gasteiger partial charge in [-0.15, -0.1) is 0 Å². The quantitative estimate of drug-likeness (QED) is 0.376. The van der Waals surface area contributed by atoms with E-state index in [-0.39, 0.29) is 12.3 Å². The third-order valence-electron chi connectivity index (χ3n) is 4.66. The number of halogens is 3. The molecule has 166 valence electrons. The van der Waals surface area contributed by atoms with Gasteiger partial charge < -0.3 is 19.8 Å². The molecule has 0 spiro atoms. The van der Waals surface area contributed by atoms with E-state index in [1.165, 1.54) is 0 Å². The van der Waals surface area contributed by atoms with E-state index in [1.54, 1.807) is 25.1 Å². The van der Waals surface area contributed by atoms with Crippen molar-refractivity contribution in [3.8, 4) is 11.5 Å². The van der Waals surface area contributed by atoms with E-state index in [0.717, 1.165) is 0 Å². The highest BCUT2D eigenvalue weighted by molar-refractivity contribution is 5.79. The lowest BCUT2D eigenvalue weighted by molar-refractivity contribution is -0.119. The molecule has 0 unspecified atom stereocenters. The number of nitrogens with one attached hydrogen (secondary N) is 1. The fraction of sp³-hybridized carbons (Fsp3) is 0.333. The summed E-state index contributed by atoms with van der Waals surface area (Å²) in [7, 11) is 0. The van der Waals surface area contributed by atoms with Crippen molar-refractivity contribution in [1.29, 1.82) is 0 Å². The molecule has 1 amide bonds. The zero-order valence-electron chi connectivity index (χ0n) is 17.1. The molecule has 7 nitrogen and oxygen atoms in total. The Morgan fingerprint density at radius 3 is 2.65 bits per heavy atom. The van der Waals surface area contributed by atoms with Crippen LogP contribution in [0.4, 0.5) is 13.2 Å². The maximum Gasteiger partial charge on any atom is 0.234 e. The first-order valence-corrected chi connectivity index (χ1v) is 9.72. The molecule has 31 heavy (non-hydrogen) atoms. The van der Waals surface area contributed by atoms with Gasteiger partial charge in [-0.2, -0.15) is 0 Å². The number of rotatable bonds is 10. The third kappa shape index (κ3) is 5.33. The maximum absolute atomic E-state index is 13.9. The van der Waals surface area contributed by atoms with Crippen LogP contribution in [0.25, 0.3) is 11.0 Å². The number of aromatic nitrogens is 2. The van der Waals surface area contributed by atoms with Gasteiger partial charge in [0.05, 0.1) is 30.2 Å². The van der Waals surface area contributed by atoms with E-state index in [4.69, 9.17) is 15.2 Å². The molecular formula is C21H23F3N4O3. The Morgan fingerprint density at radius 2 is 1.94 bits per heavy atom. The number of hydrogen-bond donors (Lipinski definition) is 2. The van der Waals surface area contributed by atoms with Crippen LogP contribution in [0.15, 0.2) is 30.3 Å². The van der Waals surface area contributed by atoms with Crippen LogP contribution in [0.2, 0.25) is 0 Å². The molecule has 0 aliphatic carbocycles. The van der Waals surface area contributed by atoms with E-state index in [0.29, 0.717) is 48.7 Å². The Balaban J connectivity index is 1.93. The zero-order chi connectivity index (χ0) is 22.5. The van der Waals surface area contributed by atoms with E-state index < -0.39 is 35.2 Å². The van der Waals surface area contributed by atoms with Crippen LogP contribution >= 0.6 is 0 Å². The second-order valence-corrected chi connectivity index (χ2v) is 6.83. The van der Waals surface area contributed by atoms with Gasteiger partial charge >= 0.3 is 0 Å². The minimum absolute atomic E-state index is 0.222. The predicted molar refractivity (Wildman–Crippen MR) is 108 cm³/mol. The lowest BCUT2D eigenvalue weighted by Gasteiger charge is -2.13. The molecule has 0 bridgehead atoms. The Morgan fingerprint density at radius 1 is 1.19 bits per heavy atom. The molecule has 0 saturated carbocycles. The lowest BCUT2D eigenvalue weighted by Crippen LogP contribution is -2.38. The molecule has 3 rings (SSSR count). The molecule has 1 atom stereocenters.